The second-order valence-corrected chi connectivity index (χ2v) is 23.0. The molecular weight excluding hydrogens is 1020 g/mol. The number of carbonyl (C=O) groups excluding carboxylic acids is 4. The number of ether oxygens (including phenoxy) is 1. The number of fused-ring (bicyclic) bond motifs is 3. The van der Waals surface area contributed by atoms with Crippen molar-refractivity contribution >= 4 is 63.6 Å². The van der Waals surface area contributed by atoms with Gasteiger partial charge in [0, 0.05) is 52.3 Å². The van der Waals surface area contributed by atoms with Crippen molar-refractivity contribution in [3.63, 3.8) is 0 Å². The van der Waals surface area contributed by atoms with Gasteiger partial charge in [-0.2, -0.15) is 5.10 Å². The minimum atomic E-state index is -0.986. The molecule has 0 radical (unpaired) electrons. The monoisotopic (exact) mass is 1080 g/mol. The Labute approximate surface area is 454 Å². The quantitative estimate of drug-likeness (QED) is 0.0643. The van der Waals surface area contributed by atoms with E-state index >= 15 is 0 Å². The summed E-state index contributed by atoms with van der Waals surface area (Å²) in [5.41, 5.74) is 10.5. The molecule has 0 aliphatic carbocycles. The molecule has 4 aromatic heterocycles. The number of likely N-dealkylation sites (tertiary alicyclic amines) is 1. The zero-order valence-electron chi connectivity index (χ0n) is 43.8. The molecule has 9 rings (SSSR count). The van der Waals surface area contributed by atoms with Crippen LogP contribution in [0.5, 0.6) is 0 Å². The molecule has 2 aliphatic rings. The van der Waals surface area contributed by atoms with Gasteiger partial charge < -0.3 is 30.7 Å². The van der Waals surface area contributed by atoms with Crippen LogP contribution in [0.3, 0.4) is 0 Å². The number of carbonyl (C=O) groups is 4. The third kappa shape index (κ3) is 11.9. The fourth-order valence-electron chi connectivity index (χ4n) is 9.60. The number of aryl methyl sites for hydroxylation is 3. The highest BCUT2D eigenvalue weighted by Gasteiger charge is 2.44. The number of aliphatic imine (C=N–C) groups is 1. The maximum Gasteiger partial charge on any atom is 0.246 e. The number of benzene rings is 3. The van der Waals surface area contributed by atoms with Crippen LogP contribution in [0.2, 0.25) is 5.02 Å². The first-order valence-corrected chi connectivity index (χ1v) is 27.3. The Morgan fingerprint density at radius 3 is 2.30 bits per heavy atom. The van der Waals surface area contributed by atoms with Crippen molar-refractivity contribution in [2.24, 2.45) is 10.4 Å². The zero-order chi connectivity index (χ0) is 54.0. The van der Waals surface area contributed by atoms with Gasteiger partial charge >= 0.3 is 0 Å². The number of amides is 4. The molecule has 1 fully saturated rings. The third-order valence-electron chi connectivity index (χ3n) is 13.9. The number of rotatable bonds is 17. The summed E-state index contributed by atoms with van der Waals surface area (Å²) in [6.45, 7) is 16.0. The van der Waals surface area contributed by atoms with E-state index in [1.54, 1.807) is 33.6 Å². The average molecular weight is 1080 g/mol. The van der Waals surface area contributed by atoms with Crippen molar-refractivity contribution in [3.05, 3.63) is 146 Å². The Kier molecular flexibility index (Phi) is 16.1. The van der Waals surface area contributed by atoms with Crippen LogP contribution >= 0.6 is 34.3 Å². The van der Waals surface area contributed by atoms with Gasteiger partial charge in [-0.3, -0.25) is 33.4 Å². The van der Waals surface area contributed by atoms with Gasteiger partial charge in [0.1, 0.15) is 35.6 Å². The molecule has 20 heteroatoms. The number of thiophene rings is 1. The predicted octanol–water partition coefficient (Wildman–Crippen LogP) is 8.19. The number of nitrogens with zero attached hydrogens (tertiary/aromatic N) is 8. The molecule has 3 aromatic carbocycles. The van der Waals surface area contributed by atoms with Crippen molar-refractivity contribution in [1.29, 1.82) is 0 Å². The van der Waals surface area contributed by atoms with E-state index in [9.17, 15) is 24.3 Å². The van der Waals surface area contributed by atoms with Gasteiger partial charge in [-0.1, -0.05) is 93.0 Å². The fourth-order valence-corrected chi connectivity index (χ4v) is 11.7. The predicted molar refractivity (Wildman–Crippen MR) is 295 cm³/mol. The summed E-state index contributed by atoms with van der Waals surface area (Å²) in [6, 6.07) is 20.6. The Morgan fingerprint density at radius 2 is 1.61 bits per heavy atom. The minimum Gasteiger partial charge on any atom is -0.391 e. The molecule has 4 amide bonds. The number of aliphatic hydroxyl groups excluding tert-OH is 1. The average Bonchev–Trinajstić information content (AvgIpc) is 4.25. The van der Waals surface area contributed by atoms with Gasteiger partial charge in [-0.25, -0.2) is 4.98 Å². The molecule has 1 unspecified atom stereocenters. The second-order valence-electron chi connectivity index (χ2n) is 20.5. The van der Waals surface area contributed by atoms with E-state index in [0.29, 0.717) is 17.4 Å². The van der Waals surface area contributed by atoms with Crippen molar-refractivity contribution in [1.82, 2.24) is 50.4 Å². The van der Waals surface area contributed by atoms with Crippen LogP contribution in [0, 0.1) is 33.1 Å². The van der Waals surface area contributed by atoms with Crippen LogP contribution < -0.4 is 16.0 Å². The summed E-state index contributed by atoms with van der Waals surface area (Å²) in [5, 5.41) is 34.7. The highest BCUT2D eigenvalue weighted by molar-refractivity contribution is 7.15. The van der Waals surface area contributed by atoms with Crippen LogP contribution in [0.1, 0.15) is 103 Å². The normalized spacial score (nSPS) is 17.1. The van der Waals surface area contributed by atoms with Crippen molar-refractivity contribution < 1.29 is 29.0 Å². The number of aromatic nitrogens is 6. The van der Waals surface area contributed by atoms with Crippen molar-refractivity contribution in [2.45, 2.75) is 112 Å². The lowest BCUT2D eigenvalue weighted by Gasteiger charge is -2.35. The Hall–Kier alpha value is -6.90. The third-order valence-corrected chi connectivity index (χ3v) is 16.3. The van der Waals surface area contributed by atoms with Gasteiger partial charge in [-0.15, -0.1) is 32.9 Å². The summed E-state index contributed by atoms with van der Waals surface area (Å²) in [7, 11) is 0. The fraction of sp³-hybridized carbons (Fsp3) is 0.375. The first-order valence-electron chi connectivity index (χ1n) is 25.2. The molecule has 7 aromatic rings. The van der Waals surface area contributed by atoms with Crippen LogP contribution in [0.15, 0.2) is 95.7 Å². The first kappa shape index (κ1) is 53.9. The van der Waals surface area contributed by atoms with E-state index in [1.165, 1.54) is 9.78 Å². The molecule has 4 N–H and O–H groups in total. The standard InChI is InChI=1S/C56H62ClN11O6S2/c1-31-34(4)76-55-48(31)49(39-17-19-42(57)20-18-39)62-44(52-65-64-35(5)68(52)55)24-46(70)61-32(2)37-13-15-38(16-14-37)41-26-60-66(27-41)21-22-74-29-47(71)63-51(56(6,7)8)54(73)67-28-43(69)23-45(67)53(72)58-25-36-9-11-40(12-10-36)50-33(3)59-30-75-50/h9-20,26-27,30,32,43-45,51,69H,21-25,28-29H2,1-8H3,(H,58,72)(H,61,70)(H,63,71)/t32-,43+,44-,45-,51?/m0/s1. The lowest BCUT2D eigenvalue weighted by Crippen LogP contribution is -2.58. The highest BCUT2D eigenvalue weighted by Crippen LogP contribution is 2.40. The molecule has 0 saturated carbocycles. The smallest absolute Gasteiger partial charge is 0.246 e. The highest BCUT2D eigenvalue weighted by atomic mass is 35.5. The van der Waals surface area contributed by atoms with E-state index in [2.05, 4.69) is 50.1 Å². The minimum absolute atomic E-state index is 0.0271. The van der Waals surface area contributed by atoms with Crippen LogP contribution in [-0.2, 0) is 37.0 Å². The Bertz CT molecular complexity index is 3280. The summed E-state index contributed by atoms with van der Waals surface area (Å²) >= 11 is 9.52. The molecule has 0 bridgehead atoms. The number of hydrogen-bond donors (Lipinski definition) is 4. The van der Waals surface area contributed by atoms with E-state index < -0.39 is 41.5 Å². The second kappa shape index (κ2) is 22.7. The van der Waals surface area contributed by atoms with Gasteiger partial charge in [0.15, 0.2) is 5.82 Å². The maximum absolute atomic E-state index is 14.1. The van der Waals surface area contributed by atoms with Gasteiger partial charge in [0.25, 0.3) is 0 Å². The van der Waals surface area contributed by atoms with Gasteiger partial charge in [-0.05, 0) is 80.0 Å². The number of aliphatic hydroxyl groups is 1. The SMILES string of the molecule is Cc1ncsc1-c1ccc(CNC(=O)[C@@H]2C[C@@H](O)CN2C(=O)C(NC(=O)COCCn2cc(-c3ccc([C@H](C)NC(=O)C[C@@H]4N=C(c5ccc(Cl)cc5)c5c(sc(C)c5C)-n5c(C)nnc54)cc3)cn2)C(C)(C)C)cc1. The summed E-state index contributed by atoms with van der Waals surface area (Å²) in [4.78, 5) is 67.9. The molecule has 396 valence electrons. The Morgan fingerprint density at radius 1 is 0.895 bits per heavy atom. The summed E-state index contributed by atoms with van der Waals surface area (Å²) < 4.78 is 9.52. The van der Waals surface area contributed by atoms with Crippen molar-refractivity contribution in [3.8, 4) is 26.6 Å². The maximum atomic E-state index is 14.1. The molecule has 5 atom stereocenters. The molecule has 0 spiro atoms. The van der Waals surface area contributed by atoms with Crippen LogP contribution in [0.25, 0.3) is 26.6 Å². The number of halogens is 1. The lowest BCUT2D eigenvalue weighted by molar-refractivity contribution is -0.144. The van der Waals surface area contributed by atoms with E-state index in [1.807, 2.05) is 131 Å². The zero-order valence-corrected chi connectivity index (χ0v) is 46.1. The van der Waals surface area contributed by atoms with Crippen molar-refractivity contribution in [2.75, 3.05) is 19.8 Å². The molecule has 6 heterocycles. The van der Waals surface area contributed by atoms with E-state index in [-0.39, 0.29) is 57.0 Å². The van der Waals surface area contributed by atoms with Gasteiger partial charge in [0.2, 0.25) is 23.6 Å². The van der Waals surface area contributed by atoms with E-state index in [4.69, 9.17) is 21.3 Å². The van der Waals surface area contributed by atoms with Crippen LogP contribution in [-0.4, -0.2) is 107 Å². The molecular formula is C56H62ClN11O6S2. The molecule has 76 heavy (non-hydrogen) atoms. The van der Waals surface area contributed by atoms with E-state index in [0.717, 1.165) is 71.6 Å². The van der Waals surface area contributed by atoms with Gasteiger partial charge in [0.05, 0.1) is 59.7 Å². The Balaban J connectivity index is 0.753. The molecule has 2 aliphatic heterocycles. The number of hydrogen-bond acceptors (Lipinski definition) is 13. The molecule has 17 nitrogen and oxygen atoms in total. The summed E-state index contributed by atoms with van der Waals surface area (Å²) in [5.74, 6) is -0.152. The number of nitrogens with one attached hydrogen (secondary N) is 3. The first-order chi connectivity index (χ1) is 36.3. The largest absolute Gasteiger partial charge is 0.391 e. The number of β-amino-alcohol motifs (C(OH)–C–C–N with tert-alkyl or cyclic N) is 1. The van der Waals surface area contributed by atoms with Crippen LogP contribution in [0.4, 0.5) is 0 Å². The number of thiazole rings is 1. The topological polar surface area (TPSA) is 211 Å². The molecule has 1 saturated heterocycles. The summed E-state index contributed by atoms with van der Waals surface area (Å²) in [6.07, 6.45) is 2.91. The lowest BCUT2D eigenvalue weighted by atomic mass is 9.85.